The highest BCUT2D eigenvalue weighted by atomic mass is 35.5. The van der Waals surface area contributed by atoms with Crippen molar-refractivity contribution >= 4 is 17.5 Å². The van der Waals surface area contributed by atoms with Gasteiger partial charge in [-0.15, -0.1) is 5.10 Å². The number of halogens is 2. The Hall–Kier alpha value is -3.79. The Morgan fingerprint density at radius 1 is 1.19 bits per heavy atom. The smallest absolute Gasteiger partial charge is 0.254 e. The van der Waals surface area contributed by atoms with Crippen LogP contribution >= 0.6 is 11.6 Å². The van der Waals surface area contributed by atoms with E-state index in [4.69, 9.17) is 11.6 Å². The van der Waals surface area contributed by atoms with Gasteiger partial charge in [-0.05, 0) is 43.7 Å². The third-order valence-electron chi connectivity index (χ3n) is 7.66. The highest BCUT2D eigenvalue weighted by molar-refractivity contribution is 6.31. The quantitative estimate of drug-likeness (QED) is 0.435. The second-order valence-electron chi connectivity index (χ2n) is 9.87. The van der Waals surface area contributed by atoms with Crippen molar-refractivity contribution in [2.75, 3.05) is 0 Å². The van der Waals surface area contributed by atoms with Gasteiger partial charge in [-0.2, -0.15) is 0 Å². The SMILES string of the molecule is Cn1nncc1-c1cnc([C@H]2CCc3c4c(cc(=O)n32)-c2c(ccc(Cl)c2F)CC2(CC2)NC4=O)[nH]1. The summed E-state index contributed by atoms with van der Waals surface area (Å²) in [6, 6.07) is 4.32. The number of H-pyrrole nitrogens is 1. The minimum atomic E-state index is -0.597. The van der Waals surface area contributed by atoms with Gasteiger partial charge in [0.1, 0.15) is 17.3 Å². The molecule has 0 bridgehead atoms. The molecule has 1 spiro atoms. The molecule has 4 aromatic rings. The van der Waals surface area contributed by atoms with Crippen molar-refractivity contribution in [2.45, 2.75) is 43.7 Å². The van der Waals surface area contributed by atoms with Gasteiger partial charge in [0.15, 0.2) is 0 Å². The maximum Gasteiger partial charge on any atom is 0.254 e. The lowest BCUT2D eigenvalue weighted by Gasteiger charge is -2.27. The Bertz CT molecular complexity index is 1650. The molecule has 182 valence electrons. The molecule has 7 rings (SSSR count). The van der Waals surface area contributed by atoms with Crippen LogP contribution in [-0.4, -0.2) is 41.0 Å². The maximum absolute atomic E-state index is 15.5. The number of pyridine rings is 1. The number of hydrogen-bond donors (Lipinski definition) is 2. The van der Waals surface area contributed by atoms with E-state index in [0.29, 0.717) is 41.9 Å². The Labute approximate surface area is 209 Å². The van der Waals surface area contributed by atoms with E-state index >= 15 is 4.39 Å². The van der Waals surface area contributed by atoms with Crippen molar-refractivity contribution in [3.63, 3.8) is 0 Å². The molecule has 3 aliphatic rings. The van der Waals surface area contributed by atoms with Gasteiger partial charge >= 0.3 is 0 Å². The number of nitrogens with zero attached hydrogens (tertiary/aromatic N) is 5. The molecule has 1 fully saturated rings. The molecule has 36 heavy (non-hydrogen) atoms. The van der Waals surface area contributed by atoms with Crippen molar-refractivity contribution in [2.24, 2.45) is 7.05 Å². The number of hydrogen-bond acceptors (Lipinski definition) is 5. The standard InChI is InChI=1S/C25H21ClFN7O2/c1-33-18(11-29-32-33)15-10-28-23(30-15)17-5-4-16-21-13(8-19(35)34(16)17)20-12(2-3-14(26)22(20)27)9-25(6-7-25)31-24(21)36/h2-3,8,10-11,17H,4-7,9H2,1H3,(H,28,30)(H,31,36)/t17-/m1/s1. The first-order valence-corrected chi connectivity index (χ1v) is 12.2. The minimum Gasteiger partial charge on any atom is -0.346 e. The van der Waals surface area contributed by atoms with Gasteiger partial charge < -0.3 is 14.9 Å². The van der Waals surface area contributed by atoms with Gasteiger partial charge in [-0.1, -0.05) is 22.9 Å². The average Bonchev–Trinajstić information content (AvgIpc) is 3.22. The highest BCUT2D eigenvalue weighted by Gasteiger charge is 2.47. The Morgan fingerprint density at radius 2 is 2.03 bits per heavy atom. The number of aromatic nitrogens is 6. The van der Waals surface area contributed by atoms with Crippen LogP contribution < -0.4 is 10.9 Å². The maximum atomic E-state index is 15.5. The fourth-order valence-corrected chi connectivity index (χ4v) is 5.89. The van der Waals surface area contributed by atoms with E-state index in [9.17, 15) is 9.59 Å². The summed E-state index contributed by atoms with van der Waals surface area (Å²) in [5.74, 6) is -0.273. The molecule has 5 heterocycles. The Morgan fingerprint density at radius 3 is 2.78 bits per heavy atom. The van der Waals surface area contributed by atoms with Crippen molar-refractivity contribution in [3.8, 4) is 22.5 Å². The lowest BCUT2D eigenvalue weighted by molar-refractivity contribution is 0.0929. The van der Waals surface area contributed by atoms with Crippen molar-refractivity contribution in [1.29, 1.82) is 0 Å². The van der Waals surface area contributed by atoms with Crippen LogP contribution in [0.2, 0.25) is 5.02 Å². The molecule has 2 aliphatic heterocycles. The molecule has 1 aliphatic carbocycles. The summed E-state index contributed by atoms with van der Waals surface area (Å²) < 4.78 is 18.7. The topological polar surface area (TPSA) is 110 Å². The molecule has 11 heteroatoms. The number of fused-ring (bicyclic) bond motifs is 5. The fraction of sp³-hybridized carbons (Fsp3) is 0.320. The Kier molecular flexibility index (Phi) is 4.39. The number of benzene rings is 1. The highest BCUT2D eigenvalue weighted by Crippen LogP contribution is 2.46. The van der Waals surface area contributed by atoms with Gasteiger partial charge in [0, 0.05) is 35.5 Å². The molecule has 1 amide bonds. The second kappa shape index (κ2) is 7.36. The van der Waals surface area contributed by atoms with E-state index in [1.807, 2.05) is 0 Å². The minimum absolute atomic E-state index is 0.0308. The van der Waals surface area contributed by atoms with Crippen LogP contribution in [0.25, 0.3) is 22.5 Å². The van der Waals surface area contributed by atoms with E-state index in [-0.39, 0.29) is 33.6 Å². The average molecular weight is 506 g/mol. The number of rotatable bonds is 2. The van der Waals surface area contributed by atoms with Crippen LogP contribution in [-0.2, 0) is 19.9 Å². The molecular weight excluding hydrogens is 485 g/mol. The van der Waals surface area contributed by atoms with Gasteiger partial charge in [-0.3, -0.25) is 9.59 Å². The predicted molar refractivity (Wildman–Crippen MR) is 129 cm³/mol. The zero-order chi connectivity index (χ0) is 24.8. The van der Waals surface area contributed by atoms with E-state index in [1.165, 1.54) is 12.1 Å². The molecule has 1 saturated carbocycles. The number of imidazole rings is 1. The summed E-state index contributed by atoms with van der Waals surface area (Å²) in [6.07, 6.45) is 6.52. The number of carbonyl (C=O) groups excluding carboxylic acids is 1. The van der Waals surface area contributed by atoms with Crippen molar-refractivity contribution in [1.82, 2.24) is 34.8 Å². The largest absolute Gasteiger partial charge is 0.346 e. The third-order valence-corrected chi connectivity index (χ3v) is 7.95. The van der Waals surface area contributed by atoms with E-state index < -0.39 is 5.82 Å². The molecular formula is C25H21ClFN7O2. The van der Waals surface area contributed by atoms with E-state index in [0.717, 1.165) is 29.8 Å². The zero-order valence-electron chi connectivity index (χ0n) is 19.3. The number of aromatic amines is 1. The van der Waals surface area contributed by atoms with E-state index in [1.54, 1.807) is 34.8 Å². The van der Waals surface area contributed by atoms with Crippen molar-refractivity contribution in [3.05, 3.63) is 74.4 Å². The van der Waals surface area contributed by atoms with Crippen LogP contribution in [0.1, 0.15) is 52.7 Å². The van der Waals surface area contributed by atoms with Crippen LogP contribution in [0.4, 0.5) is 4.39 Å². The molecule has 9 nitrogen and oxygen atoms in total. The van der Waals surface area contributed by atoms with Crippen LogP contribution in [0.15, 0.2) is 35.4 Å². The third kappa shape index (κ3) is 3.03. The predicted octanol–water partition coefficient (Wildman–Crippen LogP) is 3.18. The Balaban J connectivity index is 1.41. The molecule has 0 radical (unpaired) electrons. The first-order chi connectivity index (χ1) is 17.3. The molecule has 3 aromatic heterocycles. The summed E-state index contributed by atoms with van der Waals surface area (Å²) in [7, 11) is 1.78. The van der Waals surface area contributed by atoms with Crippen LogP contribution in [0, 0.1) is 5.82 Å². The van der Waals surface area contributed by atoms with Gasteiger partial charge in [-0.25, -0.2) is 14.1 Å². The normalized spacial score (nSPS) is 19.3. The fourth-order valence-electron chi connectivity index (χ4n) is 5.74. The summed E-state index contributed by atoms with van der Waals surface area (Å²) in [4.78, 5) is 34.9. The number of aryl methyl sites for hydroxylation is 1. The van der Waals surface area contributed by atoms with Crippen LogP contribution in [0.5, 0.6) is 0 Å². The number of nitrogens with one attached hydrogen (secondary N) is 2. The van der Waals surface area contributed by atoms with Crippen molar-refractivity contribution < 1.29 is 9.18 Å². The molecule has 2 N–H and O–H groups in total. The second-order valence-corrected chi connectivity index (χ2v) is 10.3. The summed E-state index contributed by atoms with van der Waals surface area (Å²) in [6.45, 7) is 0. The molecule has 0 unspecified atom stereocenters. The number of carbonyl (C=O) groups is 1. The zero-order valence-corrected chi connectivity index (χ0v) is 20.1. The first kappa shape index (κ1) is 21.5. The summed E-state index contributed by atoms with van der Waals surface area (Å²) in [5.41, 5.74) is 3.02. The van der Waals surface area contributed by atoms with E-state index in [2.05, 4.69) is 25.6 Å². The summed E-state index contributed by atoms with van der Waals surface area (Å²) >= 11 is 6.16. The first-order valence-electron chi connectivity index (χ1n) is 11.8. The van der Waals surface area contributed by atoms with Gasteiger partial charge in [0.05, 0.1) is 34.7 Å². The van der Waals surface area contributed by atoms with Crippen LogP contribution in [0.3, 0.4) is 0 Å². The van der Waals surface area contributed by atoms with Gasteiger partial charge in [0.25, 0.3) is 11.5 Å². The molecule has 1 aromatic carbocycles. The lowest BCUT2D eigenvalue weighted by atomic mass is 9.88. The molecule has 0 saturated heterocycles. The number of amides is 1. The lowest BCUT2D eigenvalue weighted by Crippen LogP contribution is -2.41. The monoisotopic (exact) mass is 505 g/mol. The van der Waals surface area contributed by atoms with Gasteiger partial charge in [0.2, 0.25) is 0 Å². The summed E-state index contributed by atoms with van der Waals surface area (Å²) in [5, 5.41) is 11.0. The molecule has 1 atom stereocenters.